The number of aromatic nitrogens is 2. The summed E-state index contributed by atoms with van der Waals surface area (Å²) in [4.78, 5) is 34.3. The van der Waals surface area contributed by atoms with Crippen molar-refractivity contribution in [1.29, 1.82) is 0 Å². The Labute approximate surface area is 201 Å². The average Bonchev–Trinajstić information content (AvgIpc) is 3.42. The number of para-hydroxylation sites is 1. The maximum atomic E-state index is 13.6. The number of thiophene rings is 1. The van der Waals surface area contributed by atoms with Crippen molar-refractivity contribution in [3.8, 4) is 5.69 Å². The van der Waals surface area contributed by atoms with E-state index in [0.717, 1.165) is 28.3 Å². The third kappa shape index (κ3) is 4.48. The van der Waals surface area contributed by atoms with E-state index in [1.54, 1.807) is 27.8 Å². The van der Waals surface area contributed by atoms with Crippen LogP contribution in [0.25, 0.3) is 11.8 Å². The Balaban J connectivity index is 1.79. The van der Waals surface area contributed by atoms with E-state index in [-0.39, 0.29) is 11.5 Å². The van der Waals surface area contributed by atoms with Gasteiger partial charge in [0.1, 0.15) is 11.4 Å². The molecule has 4 rings (SSSR count). The Bertz CT molecular complexity index is 1280. The fourth-order valence-electron chi connectivity index (χ4n) is 3.63. The Hall–Kier alpha value is -2.88. The molecule has 1 aromatic carbocycles. The van der Waals surface area contributed by atoms with Crippen molar-refractivity contribution in [2.45, 2.75) is 20.3 Å². The second kappa shape index (κ2) is 9.94. The molecule has 33 heavy (non-hydrogen) atoms. The number of aryl methyl sites for hydroxylation is 1. The van der Waals surface area contributed by atoms with Gasteiger partial charge in [-0.2, -0.15) is 0 Å². The molecule has 0 aliphatic carbocycles. The number of aliphatic imine (C=N–C) groups is 1. The zero-order valence-corrected chi connectivity index (χ0v) is 20.7. The van der Waals surface area contributed by atoms with Gasteiger partial charge >= 0.3 is 0 Å². The molecule has 2 aromatic heterocycles. The van der Waals surface area contributed by atoms with Crippen LogP contribution in [-0.4, -0.2) is 39.9 Å². The normalized spacial score (nSPS) is 15.0. The first kappa shape index (κ1) is 23.3. The first-order chi connectivity index (χ1) is 15.9. The van der Waals surface area contributed by atoms with E-state index in [2.05, 4.69) is 4.99 Å². The lowest BCUT2D eigenvalue weighted by Gasteiger charge is -2.16. The molecule has 1 aliphatic rings. The van der Waals surface area contributed by atoms with E-state index in [1.807, 2.05) is 68.7 Å². The molecule has 0 spiro atoms. The van der Waals surface area contributed by atoms with Gasteiger partial charge in [0.2, 0.25) is 0 Å². The number of amides is 1. The number of hydrogen-bond donors (Lipinski definition) is 0. The summed E-state index contributed by atoms with van der Waals surface area (Å²) in [5.41, 5.74) is 2.93. The third-order valence-corrected chi connectivity index (χ3v) is 7.46. The van der Waals surface area contributed by atoms with Gasteiger partial charge in [-0.25, -0.2) is 14.6 Å². The molecule has 0 radical (unpaired) electrons. The first-order valence-electron chi connectivity index (χ1n) is 10.6. The topological polar surface area (TPSA) is 68.8 Å². The van der Waals surface area contributed by atoms with E-state index in [4.69, 9.17) is 4.74 Å². The predicted molar refractivity (Wildman–Crippen MR) is 137 cm³/mol. The molecule has 9 heteroatoms. The van der Waals surface area contributed by atoms with Crippen molar-refractivity contribution in [3.63, 3.8) is 0 Å². The van der Waals surface area contributed by atoms with Crippen molar-refractivity contribution in [1.82, 2.24) is 9.36 Å². The number of methoxy groups -OCH3 is 1. The van der Waals surface area contributed by atoms with Crippen LogP contribution in [0.15, 0.2) is 57.3 Å². The second-order valence-electron chi connectivity index (χ2n) is 7.64. The van der Waals surface area contributed by atoms with Crippen LogP contribution >= 0.6 is 23.1 Å². The minimum atomic E-state index is -0.289. The van der Waals surface area contributed by atoms with E-state index in [9.17, 15) is 9.59 Å². The number of benzene rings is 1. The number of rotatable bonds is 7. The molecule has 1 amide bonds. The minimum Gasteiger partial charge on any atom is -0.385 e. The molecule has 0 unspecified atom stereocenters. The number of carbonyl (C=O) groups excluding carboxylic acids is 1. The van der Waals surface area contributed by atoms with E-state index in [1.165, 1.54) is 16.7 Å². The maximum absolute atomic E-state index is 13.6. The third-order valence-electron chi connectivity index (χ3n) is 5.47. The molecule has 0 N–H and O–H groups in total. The lowest BCUT2D eigenvalue weighted by Crippen LogP contribution is -2.35. The van der Waals surface area contributed by atoms with Gasteiger partial charge in [-0.3, -0.25) is 14.3 Å². The summed E-state index contributed by atoms with van der Waals surface area (Å²) in [6.45, 7) is 4.47. The Morgan fingerprint density at radius 1 is 1.15 bits per heavy atom. The lowest BCUT2D eigenvalue weighted by molar-refractivity contribution is -0.113. The molecular formula is C24H26N4O3S2. The Kier molecular flexibility index (Phi) is 7.02. The predicted octanol–water partition coefficient (Wildman–Crippen LogP) is 4.37. The van der Waals surface area contributed by atoms with Crippen molar-refractivity contribution in [2.75, 3.05) is 24.4 Å². The number of carbonyl (C=O) groups is 1. The molecule has 3 aromatic rings. The zero-order chi connectivity index (χ0) is 23.5. The van der Waals surface area contributed by atoms with Crippen LogP contribution in [0.2, 0.25) is 0 Å². The van der Waals surface area contributed by atoms with Gasteiger partial charge in [0.25, 0.3) is 11.5 Å². The molecule has 0 saturated heterocycles. The zero-order valence-electron chi connectivity index (χ0n) is 19.1. The fraction of sp³-hybridized carbons (Fsp3) is 0.292. The van der Waals surface area contributed by atoms with Gasteiger partial charge in [0.05, 0.1) is 11.4 Å². The smallest absolute Gasteiger partial charge is 0.296 e. The molecule has 172 valence electrons. The van der Waals surface area contributed by atoms with Gasteiger partial charge < -0.3 is 4.74 Å². The lowest BCUT2D eigenvalue weighted by atomic mass is 10.2. The summed E-state index contributed by atoms with van der Waals surface area (Å²) in [6, 6.07) is 11.4. The molecule has 0 bridgehead atoms. The van der Waals surface area contributed by atoms with Gasteiger partial charge in [-0.1, -0.05) is 30.0 Å². The van der Waals surface area contributed by atoms with Crippen LogP contribution in [0.3, 0.4) is 0 Å². The fourth-order valence-corrected chi connectivity index (χ4v) is 5.39. The van der Waals surface area contributed by atoms with Crippen LogP contribution in [0.5, 0.6) is 0 Å². The van der Waals surface area contributed by atoms with Crippen molar-refractivity contribution >= 4 is 45.9 Å². The van der Waals surface area contributed by atoms with Crippen molar-refractivity contribution in [2.24, 2.45) is 12.0 Å². The number of ether oxygens (including phenoxy) is 1. The quantitative estimate of drug-likeness (QED) is 0.371. The van der Waals surface area contributed by atoms with E-state index in [0.29, 0.717) is 28.9 Å². The highest BCUT2D eigenvalue weighted by Crippen LogP contribution is 2.31. The SMILES string of the molecule is COCCCSC1=N/C(=C\c2sccc2C)C(=O)N1c1c(C)n(C)n(-c2ccccc2)c1=O. The highest BCUT2D eigenvalue weighted by Gasteiger charge is 2.36. The summed E-state index contributed by atoms with van der Waals surface area (Å²) in [5, 5.41) is 2.51. The van der Waals surface area contributed by atoms with Crippen LogP contribution in [0, 0.1) is 13.8 Å². The van der Waals surface area contributed by atoms with Crippen molar-refractivity contribution in [3.05, 3.63) is 74.0 Å². The highest BCUT2D eigenvalue weighted by molar-refractivity contribution is 8.14. The highest BCUT2D eigenvalue weighted by atomic mass is 32.2. The number of nitrogens with zero attached hydrogens (tertiary/aromatic N) is 4. The number of anilines is 1. The molecule has 0 atom stereocenters. The second-order valence-corrected chi connectivity index (χ2v) is 9.65. The summed E-state index contributed by atoms with van der Waals surface area (Å²) in [5.74, 6) is 0.434. The minimum absolute atomic E-state index is 0.256. The Morgan fingerprint density at radius 3 is 2.58 bits per heavy atom. The molecule has 7 nitrogen and oxygen atoms in total. The van der Waals surface area contributed by atoms with Gasteiger partial charge in [0, 0.05) is 31.4 Å². The van der Waals surface area contributed by atoms with Gasteiger partial charge in [0.15, 0.2) is 5.17 Å². The molecule has 0 fully saturated rings. The van der Waals surface area contributed by atoms with Crippen molar-refractivity contribution < 1.29 is 9.53 Å². The van der Waals surface area contributed by atoms with Crippen LogP contribution in [-0.2, 0) is 16.6 Å². The van der Waals surface area contributed by atoms with Crippen LogP contribution in [0.1, 0.15) is 22.6 Å². The monoisotopic (exact) mass is 482 g/mol. The van der Waals surface area contributed by atoms with Gasteiger partial charge in [-0.05, 0) is 55.5 Å². The molecular weight excluding hydrogens is 456 g/mol. The van der Waals surface area contributed by atoms with Crippen LogP contribution < -0.4 is 10.5 Å². The summed E-state index contributed by atoms with van der Waals surface area (Å²) in [6.07, 6.45) is 2.62. The van der Waals surface area contributed by atoms with E-state index >= 15 is 0 Å². The number of thioether (sulfide) groups is 1. The number of hydrogen-bond acceptors (Lipinski definition) is 6. The Morgan fingerprint density at radius 2 is 1.91 bits per heavy atom. The average molecular weight is 483 g/mol. The summed E-state index contributed by atoms with van der Waals surface area (Å²) in [7, 11) is 3.49. The van der Waals surface area contributed by atoms with Gasteiger partial charge in [-0.15, -0.1) is 11.3 Å². The maximum Gasteiger partial charge on any atom is 0.296 e. The van der Waals surface area contributed by atoms with Crippen LogP contribution in [0.4, 0.5) is 5.69 Å². The molecule has 1 aliphatic heterocycles. The largest absolute Gasteiger partial charge is 0.385 e. The van der Waals surface area contributed by atoms with E-state index < -0.39 is 0 Å². The molecule has 0 saturated carbocycles. The standard InChI is InChI=1S/C24H26N4O3S2/c1-16-11-14-32-20(16)15-19-22(29)27(24(25-19)33-13-8-12-31-4)21-17(2)26(3)28(23(21)30)18-9-6-5-7-10-18/h5-7,9-11,14-15H,8,12-13H2,1-4H3/b19-15-. The first-order valence-corrected chi connectivity index (χ1v) is 12.4. The summed E-state index contributed by atoms with van der Waals surface area (Å²) >= 11 is 3.02. The molecule has 3 heterocycles. The number of amidine groups is 1. The summed E-state index contributed by atoms with van der Waals surface area (Å²) < 4.78 is 8.51.